The van der Waals surface area contributed by atoms with E-state index in [-0.39, 0.29) is 18.3 Å². The Morgan fingerprint density at radius 1 is 1.18 bits per heavy atom. The zero-order valence-electron chi connectivity index (χ0n) is 20.3. The molecule has 0 radical (unpaired) electrons. The summed E-state index contributed by atoms with van der Waals surface area (Å²) in [5.41, 5.74) is 1.40. The number of hydrogen-bond donors (Lipinski definition) is 1. The van der Waals surface area contributed by atoms with Crippen molar-refractivity contribution in [1.82, 2.24) is 10.3 Å². The van der Waals surface area contributed by atoms with Crippen LogP contribution in [-0.2, 0) is 14.3 Å². The first-order valence-electron chi connectivity index (χ1n) is 11.4. The van der Waals surface area contributed by atoms with Crippen molar-refractivity contribution >= 4 is 22.9 Å². The molecule has 1 atom stereocenters. The number of hydrogen-bond acceptors (Lipinski definition) is 8. The topological polar surface area (TPSA) is 99.9 Å². The van der Waals surface area contributed by atoms with Gasteiger partial charge in [-0.3, -0.25) is 4.98 Å². The maximum atomic E-state index is 12.7. The molecular weight excluding hydrogens is 436 g/mol. The number of benzene rings is 1. The molecule has 8 heteroatoms. The van der Waals surface area contributed by atoms with E-state index in [4.69, 9.17) is 18.6 Å². The van der Waals surface area contributed by atoms with Crippen LogP contribution in [0.4, 0.5) is 0 Å². The van der Waals surface area contributed by atoms with Crippen molar-refractivity contribution < 1.29 is 28.2 Å². The maximum absolute atomic E-state index is 12.7. The highest BCUT2D eigenvalue weighted by Crippen LogP contribution is 2.33. The Labute approximate surface area is 199 Å². The zero-order chi connectivity index (χ0) is 24.7. The summed E-state index contributed by atoms with van der Waals surface area (Å²) < 4.78 is 22.4. The van der Waals surface area contributed by atoms with Crippen molar-refractivity contribution in [1.29, 1.82) is 0 Å². The predicted molar refractivity (Wildman–Crippen MR) is 128 cm³/mol. The molecule has 1 unspecified atom stereocenters. The van der Waals surface area contributed by atoms with Crippen LogP contribution in [0.1, 0.15) is 61.8 Å². The molecule has 0 saturated carbocycles. The van der Waals surface area contributed by atoms with Gasteiger partial charge in [-0.1, -0.05) is 12.1 Å². The summed E-state index contributed by atoms with van der Waals surface area (Å²) in [6.07, 6.45) is 3.95. The molecule has 0 aliphatic rings. The molecule has 0 aliphatic heterocycles. The van der Waals surface area contributed by atoms with Gasteiger partial charge in [0.2, 0.25) is 5.76 Å². The number of nitrogens with zero attached hydrogens (tertiary/aromatic N) is 1. The number of ether oxygens (including phenoxy) is 3. The highest BCUT2D eigenvalue weighted by atomic mass is 16.6. The third-order valence-electron chi connectivity index (χ3n) is 4.96. The lowest BCUT2D eigenvalue weighted by Crippen LogP contribution is -2.35. The fourth-order valence-corrected chi connectivity index (χ4v) is 3.52. The van der Waals surface area contributed by atoms with E-state index in [0.717, 1.165) is 10.9 Å². The van der Waals surface area contributed by atoms with Crippen molar-refractivity contribution in [3.05, 3.63) is 59.6 Å². The summed E-state index contributed by atoms with van der Waals surface area (Å²) in [5.74, 6) is -0.0295. The number of nitrogens with one attached hydrogen (secondary N) is 1. The number of fused-ring (bicyclic) bond motifs is 1. The SMILES string of the molecule is CCOC(=O)c1oc2cccc(OCCCNC(C(=O)OC(C)(C)C)c3cccnc3)c2c1C. The van der Waals surface area contributed by atoms with Crippen molar-refractivity contribution in [2.45, 2.75) is 52.7 Å². The highest BCUT2D eigenvalue weighted by molar-refractivity contribution is 5.98. The fraction of sp³-hybridized carbons (Fsp3) is 0.423. The predicted octanol–water partition coefficient (Wildman–Crippen LogP) is 4.75. The monoisotopic (exact) mass is 468 g/mol. The average Bonchev–Trinajstić information content (AvgIpc) is 3.13. The number of esters is 2. The minimum Gasteiger partial charge on any atom is -0.493 e. The third-order valence-corrected chi connectivity index (χ3v) is 4.96. The number of aryl methyl sites for hydroxylation is 1. The van der Waals surface area contributed by atoms with Gasteiger partial charge in [-0.25, -0.2) is 9.59 Å². The molecule has 0 fully saturated rings. The summed E-state index contributed by atoms with van der Waals surface area (Å²) in [6.45, 7) is 10.3. The van der Waals surface area contributed by atoms with Gasteiger partial charge in [0.25, 0.3) is 0 Å². The number of furan rings is 1. The molecule has 2 heterocycles. The first kappa shape index (κ1) is 25.2. The Bertz CT molecular complexity index is 1120. The van der Waals surface area contributed by atoms with Gasteiger partial charge in [-0.15, -0.1) is 0 Å². The summed E-state index contributed by atoms with van der Waals surface area (Å²) in [4.78, 5) is 29.0. The largest absolute Gasteiger partial charge is 0.493 e. The van der Waals surface area contributed by atoms with Gasteiger partial charge < -0.3 is 23.9 Å². The minimum absolute atomic E-state index is 0.186. The normalized spacial score (nSPS) is 12.4. The summed E-state index contributed by atoms with van der Waals surface area (Å²) >= 11 is 0. The second-order valence-corrected chi connectivity index (χ2v) is 8.81. The Balaban J connectivity index is 1.63. The van der Waals surface area contributed by atoms with Gasteiger partial charge in [0.15, 0.2) is 0 Å². The molecule has 0 saturated heterocycles. The summed E-state index contributed by atoms with van der Waals surface area (Å²) in [7, 11) is 0. The Morgan fingerprint density at radius 2 is 1.97 bits per heavy atom. The molecule has 8 nitrogen and oxygen atoms in total. The van der Waals surface area contributed by atoms with Crippen LogP contribution in [0.2, 0.25) is 0 Å². The second kappa shape index (κ2) is 11.2. The van der Waals surface area contributed by atoms with E-state index >= 15 is 0 Å². The van der Waals surface area contributed by atoms with E-state index in [0.29, 0.717) is 36.5 Å². The second-order valence-electron chi connectivity index (χ2n) is 8.81. The summed E-state index contributed by atoms with van der Waals surface area (Å²) in [5, 5.41) is 4.00. The molecule has 3 rings (SSSR count). The van der Waals surface area contributed by atoms with Crippen LogP contribution in [0.15, 0.2) is 47.1 Å². The molecule has 0 spiro atoms. The van der Waals surface area contributed by atoms with Crippen LogP contribution in [0.3, 0.4) is 0 Å². The van der Waals surface area contributed by atoms with Crippen molar-refractivity contribution in [3.8, 4) is 5.75 Å². The number of carbonyl (C=O) groups is 2. The van der Waals surface area contributed by atoms with Crippen molar-refractivity contribution in [2.24, 2.45) is 0 Å². The van der Waals surface area contributed by atoms with Crippen LogP contribution in [-0.4, -0.2) is 42.3 Å². The van der Waals surface area contributed by atoms with Crippen LogP contribution >= 0.6 is 0 Å². The van der Waals surface area contributed by atoms with E-state index in [1.165, 1.54) is 0 Å². The summed E-state index contributed by atoms with van der Waals surface area (Å²) in [6, 6.07) is 8.45. The molecule has 0 aliphatic carbocycles. The number of carbonyl (C=O) groups excluding carboxylic acids is 2. The van der Waals surface area contributed by atoms with Crippen LogP contribution in [0, 0.1) is 6.92 Å². The first-order chi connectivity index (χ1) is 16.2. The quantitative estimate of drug-likeness (QED) is 0.336. The maximum Gasteiger partial charge on any atom is 0.374 e. The number of pyridine rings is 1. The molecule has 3 aromatic rings. The molecule has 1 aromatic carbocycles. The first-order valence-corrected chi connectivity index (χ1v) is 11.4. The fourth-order valence-electron chi connectivity index (χ4n) is 3.52. The molecule has 2 aromatic heterocycles. The van der Waals surface area contributed by atoms with Crippen molar-refractivity contribution in [2.75, 3.05) is 19.8 Å². The van der Waals surface area contributed by atoms with E-state index < -0.39 is 17.6 Å². The number of aromatic nitrogens is 1. The Hall–Kier alpha value is -3.39. The molecule has 1 N–H and O–H groups in total. The van der Waals surface area contributed by atoms with E-state index in [2.05, 4.69) is 10.3 Å². The Kier molecular flexibility index (Phi) is 8.28. The Morgan fingerprint density at radius 3 is 2.65 bits per heavy atom. The van der Waals surface area contributed by atoms with Crippen LogP contribution < -0.4 is 10.1 Å². The van der Waals surface area contributed by atoms with Gasteiger partial charge in [-0.05, 0) is 71.3 Å². The highest BCUT2D eigenvalue weighted by Gasteiger charge is 2.26. The lowest BCUT2D eigenvalue weighted by molar-refractivity contribution is -0.157. The lowest BCUT2D eigenvalue weighted by Gasteiger charge is -2.24. The van der Waals surface area contributed by atoms with Crippen molar-refractivity contribution in [3.63, 3.8) is 0 Å². The van der Waals surface area contributed by atoms with E-state index in [9.17, 15) is 9.59 Å². The van der Waals surface area contributed by atoms with E-state index in [1.807, 2.05) is 45.9 Å². The van der Waals surface area contributed by atoms with Gasteiger partial charge in [0.05, 0.1) is 18.6 Å². The standard InChI is InChI=1S/C26H32N2O6/c1-6-31-25(30)23-17(2)21-19(11-7-12-20(21)33-23)32-15-9-14-28-22(18-10-8-13-27-16-18)24(29)34-26(3,4)5/h7-8,10-13,16,22,28H,6,9,14-15H2,1-5H3. The van der Waals surface area contributed by atoms with Gasteiger partial charge in [0, 0.05) is 18.0 Å². The average molecular weight is 469 g/mol. The number of rotatable bonds is 10. The lowest BCUT2D eigenvalue weighted by atomic mass is 10.1. The van der Waals surface area contributed by atoms with E-state index in [1.54, 1.807) is 31.5 Å². The van der Waals surface area contributed by atoms with Gasteiger partial charge in [-0.2, -0.15) is 0 Å². The molecule has 0 amide bonds. The smallest absolute Gasteiger partial charge is 0.374 e. The van der Waals surface area contributed by atoms with Crippen LogP contribution in [0.25, 0.3) is 11.0 Å². The third kappa shape index (κ3) is 6.35. The van der Waals surface area contributed by atoms with Crippen LogP contribution in [0.5, 0.6) is 5.75 Å². The molecular formula is C26H32N2O6. The minimum atomic E-state index is -0.625. The zero-order valence-corrected chi connectivity index (χ0v) is 20.3. The molecule has 182 valence electrons. The molecule has 34 heavy (non-hydrogen) atoms. The van der Waals surface area contributed by atoms with Gasteiger partial charge >= 0.3 is 11.9 Å². The molecule has 0 bridgehead atoms. The van der Waals surface area contributed by atoms with Gasteiger partial charge in [0.1, 0.15) is 23.0 Å².